The summed E-state index contributed by atoms with van der Waals surface area (Å²) in [5.74, 6) is -6.00. The van der Waals surface area contributed by atoms with Gasteiger partial charge in [-0.1, -0.05) is 59.6 Å². The molecule has 4 aliphatic carbocycles. The summed E-state index contributed by atoms with van der Waals surface area (Å²) >= 11 is 7.05. The monoisotopic (exact) mass is 628 g/mol. The first-order chi connectivity index (χ1) is 20.5. The molecule has 240 valence electrons. The molecule has 0 bridgehead atoms. The molecule has 4 aliphatic rings. The van der Waals surface area contributed by atoms with Gasteiger partial charge in [0.1, 0.15) is 22.8 Å². The number of hydrogen-bond donors (Lipinski definition) is 5. The van der Waals surface area contributed by atoms with E-state index in [0.717, 1.165) is 25.8 Å². The topological polar surface area (TPSA) is 161 Å². The van der Waals surface area contributed by atoms with Gasteiger partial charge in [-0.05, 0) is 72.1 Å². The van der Waals surface area contributed by atoms with E-state index < -0.39 is 52.0 Å². The molecule has 5 rings (SSSR count). The molecule has 1 aromatic carbocycles. The second kappa shape index (κ2) is 10.9. The summed E-state index contributed by atoms with van der Waals surface area (Å²) in [5.41, 5.74) is 3.01. The second-order valence-corrected chi connectivity index (χ2v) is 14.6. The number of amides is 1. The van der Waals surface area contributed by atoms with E-state index in [-0.39, 0.29) is 47.0 Å². The lowest BCUT2D eigenvalue weighted by atomic mass is 9.60. The van der Waals surface area contributed by atoms with Gasteiger partial charge in [0.05, 0.1) is 5.56 Å². The van der Waals surface area contributed by atoms with E-state index in [1.807, 2.05) is 0 Å². The zero-order valence-corrected chi connectivity index (χ0v) is 27.2. The minimum Gasteiger partial charge on any atom is -0.511 e. The molecule has 44 heavy (non-hydrogen) atoms. The number of aromatic hydroxyl groups is 1. The number of benzene rings is 1. The Morgan fingerprint density at radius 1 is 1.11 bits per heavy atom. The van der Waals surface area contributed by atoms with E-state index in [0.29, 0.717) is 34.7 Å². The molecule has 0 radical (unpaired) electrons. The summed E-state index contributed by atoms with van der Waals surface area (Å²) in [6.07, 6.45) is 3.18. The number of allylic oxidation sites excluding steroid dienone is 2. The fourth-order valence-electron chi connectivity index (χ4n) is 8.94. The lowest BCUT2D eigenvalue weighted by molar-refractivity contribution is -0.144. The normalized spacial score (nSPS) is 33.0. The number of carbonyl (C=O) groups excluding carboxylic acids is 3. The molecule has 9 nitrogen and oxygen atoms in total. The van der Waals surface area contributed by atoms with Crippen molar-refractivity contribution >= 4 is 29.1 Å². The van der Waals surface area contributed by atoms with Crippen molar-refractivity contribution in [3.05, 3.63) is 50.4 Å². The molecule has 1 fully saturated rings. The summed E-state index contributed by atoms with van der Waals surface area (Å²) in [4.78, 5) is 41.4. The predicted molar refractivity (Wildman–Crippen MR) is 166 cm³/mol. The molecule has 1 saturated carbocycles. The van der Waals surface area contributed by atoms with E-state index in [2.05, 4.69) is 46.4 Å². The summed E-state index contributed by atoms with van der Waals surface area (Å²) in [7, 11) is 0. The van der Waals surface area contributed by atoms with Gasteiger partial charge in [0, 0.05) is 35.5 Å². The van der Waals surface area contributed by atoms with Gasteiger partial charge in [-0.3, -0.25) is 19.3 Å². The highest BCUT2D eigenvalue weighted by Crippen LogP contribution is 2.60. The molecule has 0 spiro atoms. The highest BCUT2D eigenvalue weighted by atomic mass is 35.5. The Bertz CT molecular complexity index is 1510. The van der Waals surface area contributed by atoms with Crippen LogP contribution in [-0.2, 0) is 22.6 Å². The standard InChI is InChI=1S/C34H45ClN2O7/c1-7-9-33(6)23(10-16(3)32(33,4)5)37(8-2)15-18-13-21(38)25-20(27(18)35)12-17-11-19-14-22(39)26(31(36)43)30(42)34(19,44)29(41)24(17)28(25)40/h13,16-17,19,23,38-39,41,44H,7-12,14-15H2,1-6H3,(H2,36,43)/t16?,17?,19-,23-,33?,34-/m0/s1. The average molecular weight is 629 g/mol. The number of nitrogens with zero attached hydrogens (tertiary/aromatic N) is 1. The van der Waals surface area contributed by atoms with E-state index in [1.165, 1.54) is 6.07 Å². The lowest BCUT2D eigenvalue weighted by Gasteiger charge is -2.47. The van der Waals surface area contributed by atoms with Crippen molar-refractivity contribution in [2.75, 3.05) is 6.54 Å². The molecule has 6 atom stereocenters. The van der Waals surface area contributed by atoms with Crippen LogP contribution in [0.4, 0.5) is 0 Å². The van der Waals surface area contributed by atoms with Gasteiger partial charge in [0.15, 0.2) is 11.4 Å². The zero-order valence-electron chi connectivity index (χ0n) is 26.5. The van der Waals surface area contributed by atoms with Gasteiger partial charge >= 0.3 is 0 Å². The smallest absolute Gasteiger partial charge is 0.255 e. The Hall–Kier alpha value is -2.88. The third-order valence-corrected chi connectivity index (χ3v) is 12.5. The van der Waals surface area contributed by atoms with Gasteiger partial charge in [0.2, 0.25) is 5.78 Å². The highest BCUT2D eigenvalue weighted by Gasteiger charge is 2.60. The quantitative estimate of drug-likeness (QED) is 0.254. The van der Waals surface area contributed by atoms with Crippen molar-refractivity contribution in [3.63, 3.8) is 0 Å². The summed E-state index contributed by atoms with van der Waals surface area (Å²) in [6, 6.07) is 1.81. The van der Waals surface area contributed by atoms with Crippen LogP contribution in [-0.4, -0.2) is 61.0 Å². The van der Waals surface area contributed by atoms with Crippen LogP contribution in [0.25, 0.3) is 0 Å². The third-order valence-electron chi connectivity index (χ3n) is 12.1. The number of aliphatic hydroxyl groups is 3. The number of phenolic OH excluding ortho intramolecular Hbond substituents is 1. The van der Waals surface area contributed by atoms with Crippen LogP contribution >= 0.6 is 11.6 Å². The van der Waals surface area contributed by atoms with Crippen LogP contribution in [0.5, 0.6) is 5.75 Å². The molecule has 0 heterocycles. The minimum atomic E-state index is -2.59. The van der Waals surface area contributed by atoms with E-state index >= 15 is 0 Å². The number of aliphatic hydroxyl groups excluding tert-OH is 2. The molecule has 6 N–H and O–H groups in total. The van der Waals surface area contributed by atoms with Crippen molar-refractivity contribution < 1.29 is 34.8 Å². The number of Topliss-reactive ketones (excluding diaryl/α,β-unsaturated/α-hetero) is 2. The van der Waals surface area contributed by atoms with Gasteiger partial charge in [-0.15, -0.1) is 0 Å². The maximum atomic E-state index is 13.9. The molecule has 1 aromatic rings. The highest BCUT2D eigenvalue weighted by molar-refractivity contribution is 6.33. The SMILES string of the molecule is CCCC1(C)[C@@H](N(CC)Cc2cc(O)c3c(c2Cl)CC2C[C@H]4CC(O)=C(C(N)=O)C(=O)[C@@]4(O)C(O)=C2C3=O)CC(C)C1(C)C. The first-order valence-electron chi connectivity index (χ1n) is 15.7. The molecular weight excluding hydrogens is 584 g/mol. The Labute approximate surface area is 263 Å². The summed E-state index contributed by atoms with van der Waals surface area (Å²) < 4.78 is 0. The average Bonchev–Trinajstić information content (AvgIpc) is 3.11. The number of rotatable bonds is 7. The van der Waals surface area contributed by atoms with Crippen molar-refractivity contribution in [2.24, 2.45) is 34.3 Å². The molecule has 0 saturated heterocycles. The van der Waals surface area contributed by atoms with Crippen LogP contribution < -0.4 is 5.73 Å². The number of hydrogen-bond acceptors (Lipinski definition) is 8. The van der Waals surface area contributed by atoms with E-state index in [4.69, 9.17) is 17.3 Å². The second-order valence-electron chi connectivity index (χ2n) is 14.2. The van der Waals surface area contributed by atoms with Crippen molar-refractivity contribution in [3.8, 4) is 5.75 Å². The predicted octanol–water partition coefficient (Wildman–Crippen LogP) is 5.30. The van der Waals surface area contributed by atoms with E-state index in [9.17, 15) is 34.8 Å². The Morgan fingerprint density at radius 3 is 2.36 bits per heavy atom. The minimum absolute atomic E-state index is 0.0649. The number of halogens is 1. The van der Waals surface area contributed by atoms with Gasteiger partial charge < -0.3 is 26.2 Å². The van der Waals surface area contributed by atoms with Crippen molar-refractivity contribution in [2.45, 2.75) is 98.3 Å². The lowest BCUT2D eigenvalue weighted by Crippen LogP contribution is -2.57. The Kier molecular flexibility index (Phi) is 8.04. The number of carbonyl (C=O) groups is 3. The summed E-state index contributed by atoms with van der Waals surface area (Å²) in [6.45, 7) is 15.0. The first kappa shape index (κ1) is 32.5. The zero-order chi connectivity index (χ0) is 32.7. The maximum Gasteiger partial charge on any atom is 0.255 e. The fraction of sp³-hybridized carbons (Fsp3) is 0.618. The molecule has 10 heteroatoms. The van der Waals surface area contributed by atoms with Crippen LogP contribution in [0.1, 0.15) is 95.1 Å². The fourth-order valence-corrected chi connectivity index (χ4v) is 9.23. The van der Waals surface area contributed by atoms with Crippen LogP contribution in [0.2, 0.25) is 5.02 Å². The first-order valence-corrected chi connectivity index (χ1v) is 16.1. The number of phenols is 1. The molecule has 3 unspecified atom stereocenters. The maximum absolute atomic E-state index is 13.9. The number of fused-ring (bicyclic) bond motifs is 3. The third kappa shape index (κ3) is 4.36. The number of ketones is 2. The van der Waals surface area contributed by atoms with Crippen LogP contribution in [0, 0.1) is 28.6 Å². The Morgan fingerprint density at radius 2 is 1.77 bits per heavy atom. The number of nitrogens with two attached hydrogens (primary N) is 1. The number of primary amides is 1. The largest absolute Gasteiger partial charge is 0.511 e. The van der Waals surface area contributed by atoms with Crippen LogP contribution in [0.15, 0.2) is 28.7 Å². The molecule has 1 amide bonds. The molecular formula is C34H45ClN2O7. The van der Waals surface area contributed by atoms with Gasteiger partial charge in [0.25, 0.3) is 5.91 Å². The van der Waals surface area contributed by atoms with Gasteiger partial charge in [-0.25, -0.2) is 0 Å². The van der Waals surface area contributed by atoms with E-state index in [1.54, 1.807) is 0 Å². The van der Waals surface area contributed by atoms with Crippen molar-refractivity contribution in [1.29, 1.82) is 0 Å². The van der Waals surface area contributed by atoms with Crippen LogP contribution in [0.3, 0.4) is 0 Å². The Balaban J connectivity index is 1.54. The molecule has 0 aromatic heterocycles. The molecule has 0 aliphatic heterocycles. The van der Waals surface area contributed by atoms with Gasteiger partial charge in [-0.2, -0.15) is 0 Å². The van der Waals surface area contributed by atoms with Crippen molar-refractivity contribution in [1.82, 2.24) is 4.90 Å². The summed E-state index contributed by atoms with van der Waals surface area (Å²) in [5, 5.41) is 44.7.